The van der Waals surface area contributed by atoms with Crippen molar-refractivity contribution in [3.8, 4) is 91.1 Å². The van der Waals surface area contributed by atoms with Crippen LogP contribution in [0.2, 0.25) is 0 Å². The lowest BCUT2D eigenvalue weighted by atomic mass is 9.98. The van der Waals surface area contributed by atoms with Gasteiger partial charge in [-0.25, -0.2) is 15.0 Å². The van der Waals surface area contributed by atoms with E-state index in [0.29, 0.717) is 28.6 Å². The van der Waals surface area contributed by atoms with Crippen LogP contribution in [0.3, 0.4) is 0 Å². The van der Waals surface area contributed by atoms with Crippen LogP contribution >= 0.6 is 0 Å². The molecule has 0 aliphatic carbocycles. The van der Waals surface area contributed by atoms with Crippen LogP contribution in [0.15, 0.2) is 231 Å². The first-order valence-electron chi connectivity index (χ1n) is 23.6. The van der Waals surface area contributed by atoms with Gasteiger partial charge in [0.25, 0.3) is 0 Å². The molecule has 8 heteroatoms. The lowest BCUT2D eigenvalue weighted by molar-refractivity contribution is 1.07. The predicted octanol–water partition coefficient (Wildman–Crippen LogP) is 15.2. The quantitative estimate of drug-likeness (QED) is 0.150. The summed E-state index contributed by atoms with van der Waals surface area (Å²) in [6.45, 7) is 0. The molecule has 0 atom stereocenters. The largest absolute Gasteiger partial charge is 0.309 e. The lowest BCUT2D eigenvalue weighted by Crippen LogP contribution is -2.04. The molecule has 0 fully saturated rings. The average molecular weight is 919 g/mol. The molecule has 0 N–H and O–H groups in total. The maximum atomic E-state index is 9.53. The molecule has 0 spiro atoms. The van der Waals surface area contributed by atoms with Crippen LogP contribution in [0.4, 0.5) is 0 Å². The Hall–Kier alpha value is -10.3. The SMILES string of the molecule is N#Cc1ccc(-c2ccc3c(c2)c2ccccc2n3-c2ccc(-c3nc(-c4ccccc4)nc(-c4ccccc4)n3)cc2-c2ccncc2-n2c3ccccc3c3cc(-c4ccc(C#N)cc4)ccc32)cc1. The van der Waals surface area contributed by atoms with Gasteiger partial charge in [0.15, 0.2) is 17.5 Å². The van der Waals surface area contributed by atoms with Crippen LogP contribution in [0.1, 0.15) is 11.1 Å². The van der Waals surface area contributed by atoms with Gasteiger partial charge in [-0.05, 0) is 107 Å². The molecule has 13 rings (SSSR count). The molecule has 4 aromatic heterocycles. The fourth-order valence-corrected chi connectivity index (χ4v) is 10.1. The van der Waals surface area contributed by atoms with Gasteiger partial charge in [-0.2, -0.15) is 10.5 Å². The molecule has 0 aliphatic heterocycles. The molecule has 0 radical (unpaired) electrons. The minimum Gasteiger partial charge on any atom is -0.309 e. The van der Waals surface area contributed by atoms with Crippen LogP contribution in [0.25, 0.3) is 123 Å². The van der Waals surface area contributed by atoms with Gasteiger partial charge in [-0.3, -0.25) is 4.98 Å². The lowest BCUT2D eigenvalue weighted by Gasteiger charge is -2.19. The van der Waals surface area contributed by atoms with E-state index < -0.39 is 0 Å². The summed E-state index contributed by atoms with van der Waals surface area (Å²) in [7, 11) is 0. The number of fused-ring (bicyclic) bond motifs is 6. The van der Waals surface area contributed by atoms with Gasteiger partial charge in [0.05, 0.1) is 62.9 Å². The summed E-state index contributed by atoms with van der Waals surface area (Å²) >= 11 is 0. The van der Waals surface area contributed by atoms with Gasteiger partial charge in [0.1, 0.15) is 0 Å². The van der Waals surface area contributed by atoms with E-state index in [1.807, 2.05) is 122 Å². The number of nitriles is 2. The molecule has 8 nitrogen and oxygen atoms in total. The molecule has 0 bridgehead atoms. The molecule has 0 unspecified atom stereocenters. The maximum absolute atomic E-state index is 9.53. The van der Waals surface area contributed by atoms with Crippen molar-refractivity contribution < 1.29 is 0 Å². The minimum absolute atomic E-state index is 0.549. The van der Waals surface area contributed by atoms with E-state index in [2.05, 4.69) is 130 Å². The number of rotatable bonds is 8. The zero-order valence-electron chi connectivity index (χ0n) is 38.5. The molecule has 0 amide bonds. The Morgan fingerprint density at radius 3 is 1.26 bits per heavy atom. The number of para-hydroxylation sites is 2. The van der Waals surface area contributed by atoms with E-state index in [1.54, 1.807) is 0 Å². The Kier molecular flexibility index (Phi) is 10.1. The summed E-state index contributed by atoms with van der Waals surface area (Å²) in [6.07, 6.45) is 3.83. The van der Waals surface area contributed by atoms with E-state index >= 15 is 0 Å². The predicted molar refractivity (Wildman–Crippen MR) is 288 cm³/mol. The van der Waals surface area contributed by atoms with E-state index in [0.717, 1.165) is 105 Å². The number of nitrogens with zero attached hydrogens (tertiary/aromatic N) is 8. The van der Waals surface area contributed by atoms with Gasteiger partial charge < -0.3 is 9.13 Å². The first-order chi connectivity index (χ1) is 35.6. The third-order valence-corrected chi connectivity index (χ3v) is 13.6. The Bertz CT molecular complexity index is 4270. The van der Waals surface area contributed by atoms with Gasteiger partial charge in [-0.15, -0.1) is 0 Å². The Morgan fingerprint density at radius 1 is 0.319 bits per heavy atom. The highest BCUT2D eigenvalue weighted by Gasteiger charge is 2.23. The summed E-state index contributed by atoms with van der Waals surface area (Å²) < 4.78 is 4.69. The van der Waals surface area contributed by atoms with Gasteiger partial charge in [0, 0.05) is 55.6 Å². The highest BCUT2D eigenvalue weighted by molar-refractivity contribution is 6.13. The van der Waals surface area contributed by atoms with E-state index in [1.165, 1.54) is 0 Å². The Labute approximate surface area is 414 Å². The van der Waals surface area contributed by atoms with Crippen LogP contribution in [0.5, 0.6) is 0 Å². The van der Waals surface area contributed by atoms with Crippen molar-refractivity contribution in [3.63, 3.8) is 0 Å². The first kappa shape index (κ1) is 41.9. The second-order valence-electron chi connectivity index (χ2n) is 17.7. The third-order valence-electron chi connectivity index (χ3n) is 13.6. The molecule has 0 saturated heterocycles. The molecule has 9 aromatic carbocycles. The van der Waals surface area contributed by atoms with Crippen LogP contribution in [-0.4, -0.2) is 29.1 Å². The number of pyridine rings is 1. The zero-order chi connectivity index (χ0) is 48.1. The van der Waals surface area contributed by atoms with Crippen molar-refractivity contribution in [2.24, 2.45) is 0 Å². The van der Waals surface area contributed by atoms with Crippen LogP contribution < -0.4 is 0 Å². The molecule has 0 aliphatic rings. The molecular formula is C64H38N8. The Balaban J connectivity index is 1.07. The van der Waals surface area contributed by atoms with Crippen molar-refractivity contribution in [3.05, 3.63) is 242 Å². The summed E-state index contributed by atoms with van der Waals surface area (Å²) in [5.74, 6) is 1.72. The minimum atomic E-state index is 0.549. The molecular weight excluding hydrogens is 881 g/mol. The van der Waals surface area contributed by atoms with Crippen LogP contribution in [0, 0.1) is 22.7 Å². The fraction of sp³-hybridized carbons (Fsp3) is 0. The molecule has 13 aromatic rings. The number of aromatic nitrogens is 6. The van der Waals surface area contributed by atoms with Gasteiger partial charge in [0.2, 0.25) is 0 Å². The number of hydrogen-bond acceptors (Lipinski definition) is 6. The first-order valence-corrected chi connectivity index (χ1v) is 23.6. The topological polar surface area (TPSA) is 109 Å². The summed E-state index contributed by atoms with van der Waals surface area (Å²) in [5, 5.41) is 23.5. The van der Waals surface area contributed by atoms with Crippen molar-refractivity contribution >= 4 is 43.6 Å². The maximum Gasteiger partial charge on any atom is 0.164 e. The second kappa shape index (κ2) is 17.4. The van der Waals surface area contributed by atoms with Gasteiger partial charge >= 0.3 is 0 Å². The van der Waals surface area contributed by atoms with Crippen molar-refractivity contribution in [2.45, 2.75) is 0 Å². The molecule has 72 heavy (non-hydrogen) atoms. The zero-order valence-corrected chi connectivity index (χ0v) is 38.5. The standard InChI is InChI=1S/C64H38N8/c65-38-41-19-23-43(24-20-41)47-27-30-58-53(35-47)50-15-7-9-17-56(50)71(58)59-32-29-49(64-69-62(45-11-3-1-4-12-45)68-63(70-64)46-13-5-2-6-14-46)37-55(59)52-33-34-67-40-61(52)72-57-18-10-8-16-51(57)54-36-48(28-31-60(54)72)44-25-21-42(39-66)22-26-44/h1-37,40H. The Morgan fingerprint density at radius 2 is 0.750 bits per heavy atom. The van der Waals surface area contributed by atoms with E-state index in [-0.39, 0.29) is 0 Å². The normalized spacial score (nSPS) is 11.3. The van der Waals surface area contributed by atoms with Crippen molar-refractivity contribution in [1.82, 2.24) is 29.1 Å². The number of benzene rings is 9. The smallest absolute Gasteiger partial charge is 0.164 e. The molecule has 4 heterocycles. The van der Waals surface area contributed by atoms with Crippen molar-refractivity contribution in [1.29, 1.82) is 10.5 Å². The fourth-order valence-electron chi connectivity index (χ4n) is 10.1. The summed E-state index contributed by atoms with van der Waals surface area (Å²) in [4.78, 5) is 20.2. The number of hydrogen-bond donors (Lipinski definition) is 0. The third kappa shape index (κ3) is 7.15. The molecule has 0 saturated carbocycles. The second-order valence-corrected chi connectivity index (χ2v) is 17.7. The van der Waals surface area contributed by atoms with Crippen LogP contribution in [-0.2, 0) is 0 Å². The monoisotopic (exact) mass is 918 g/mol. The van der Waals surface area contributed by atoms with E-state index in [4.69, 9.17) is 19.9 Å². The van der Waals surface area contributed by atoms with E-state index in [9.17, 15) is 10.5 Å². The van der Waals surface area contributed by atoms with Gasteiger partial charge in [-0.1, -0.05) is 133 Å². The highest BCUT2D eigenvalue weighted by Crippen LogP contribution is 2.43. The van der Waals surface area contributed by atoms with Crippen molar-refractivity contribution in [2.75, 3.05) is 0 Å². The molecule has 334 valence electrons. The summed E-state index contributed by atoms with van der Waals surface area (Å²) in [5.41, 5.74) is 16.0. The average Bonchev–Trinajstić information content (AvgIpc) is 3.97. The highest BCUT2D eigenvalue weighted by atomic mass is 15.0. The summed E-state index contributed by atoms with van der Waals surface area (Å²) in [6, 6.07) is 79.0.